The summed E-state index contributed by atoms with van der Waals surface area (Å²) in [5.74, 6) is 0.519. The molecule has 18 heavy (non-hydrogen) atoms. The molecule has 0 radical (unpaired) electrons. The second-order valence-corrected chi connectivity index (χ2v) is 5.26. The first-order valence-corrected chi connectivity index (χ1v) is 6.61. The van der Waals surface area contributed by atoms with Crippen molar-refractivity contribution in [2.24, 2.45) is 0 Å². The van der Waals surface area contributed by atoms with Crippen LogP contribution in [0.5, 0.6) is 5.75 Å². The van der Waals surface area contributed by atoms with Crippen LogP contribution in [0.25, 0.3) is 0 Å². The normalized spacial score (nSPS) is 10.4. The van der Waals surface area contributed by atoms with Gasteiger partial charge in [-0.05, 0) is 31.0 Å². The molecule has 0 aliphatic carbocycles. The Kier molecular flexibility index (Phi) is 4.09. The Hall–Kier alpha value is -1.26. The van der Waals surface area contributed by atoms with E-state index in [1.807, 2.05) is 0 Å². The number of ether oxygens (including phenoxy) is 1. The van der Waals surface area contributed by atoms with Gasteiger partial charge in [0.2, 0.25) is 0 Å². The van der Waals surface area contributed by atoms with Gasteiger partial charge in [-0.15, -0.1) is 0 Å². The highest BCUT2D eigenvalue weighted by Gasteiger charge is 2.12. The van der Waals surface area contributed by atoms with Crippen LogP contribution in [0.2, 0.25) is 5.15 Å². The molecule has 2 aromatic rings. The number of halogens is 1. The summed E-state index contributed by atoms with van der Waals surface area (Å²) in [5, 5.41) is 1.06. The molecule has 0 N–H and O–H groups in total. The fourth-order valence-electron chi connectivity index (χ4n) is 1.50. The van der Waals surface area contributed by atoms with E-state index >= 15 is 0 Å². The van der Waals surface area contributed by atoms with Crippen molar-refractivity contribution >= 4 is 23.4 Å². The highest BCUT2D eigenvalue weighted by Crippen LogP contribution is 2.37. The molecule has 0 atom stereocenters. The predicted octanol–water partition coefficient (Wildman–Crippen LogP) is 3.91. The van der Waals surface area contributed by atoms with E-state index in [0.29, 0.717) is 10.9 Å². The minimum atomic E-state index is 0.334. The van der Waals surface area contributed by atoms with Gasteiger partial charge in [0.25, 0.3) is 0 Å². The maximum absolute atomic E-state index is 5.98. The molecule has 1 aromatic heterocycles. The average Bonchev–Trinajstić information content (AvgIpc) is 2.34. The summed E-state index contributed by atoms with van der Waals surface area (Å²) in [4.78, 5) is 9.27. The molecule has 0 saturated heterocycles. The van der Waals surface area contributed by atoms with Gasteiger partial charge in [0.05, 0.1) is 7.11 Å². The molecular weight excluding hydrogens is 268 g/mol. The first-order chi connectivity index (χ1) is 8.61. The van der Waals surface area contributed by atoms with Crippen LogP contribution >= 0.6 is 23.4 Å². The molecule has 0 saturated carbocycles. The van der Waals surface area contributed by atoms with Crippen molar-refractivity contribution in [3.8, 4) is 5.75 Å². The van der Waals surface area contributed by atoms with E-state index in [4.69, 9.17) is 16.3 Å². The Balaban J connectivity index is 2.40. The molecule has 1 aromatic carbocycles. The lowest BCUT2D eigenvalue weighted by atomic mass is 10.2. The maximum atomic E-state index is 5.98. The summed E-state index contributed by atoms with van der Waals surface area (Å²) < 4.78 is 5.24. The third kappa shape index (κ3) is 2.76. The summed E-state index contributed by atoms with van der Waals surface area (Å²) in [7, 11) is 1.57. The van der Waals surface area contributed by atoms with E-state index in [2.05, 4.69) is 42.0 Å². The number of aryl methyl sites for hydroxylation is 2. The number of methoxy groups -OCH3 is 1. The lowest BCUT2D eigenvalue weighted by Crippen LogP contribution is -1.93. The van der Waals surface area contributed by atoms with Crippen molar-refractivity contribution in [3.05, 3.63) is 40.8 Å². The number of aromatic nitrogens is 2. The van der Waals surface area contributed by atoms with E-state index in [1.54, 1.807) is 7.11 Å². The van der Waals surface area contributed by atoms with Crippen LogP contribution in [-0.4, -0.2) is 17.1 Å². The van der Waals surface area contributed by atoms with Crippen LogP contribution in [0.15, 0.2) is 34.4 Å². The van der Waals surface area contributed by atoms with E-state index in [0.717, 1.165) is 9.92 Å². The Morgan fingerprint density at radius 2 is 2.00 bits per heavy atom. The molecule has 0 spiro atoms. The average molecular weight is 281 g/mol. The molecule has 0 amide bonds. The van der Waals surface area contributed by atoms with Gasteiger partial charge in [-0.25, -0.2) is 9.97 Å². The molecule has 1 heterocycles. The van der Waals surface area contributed by atoms with Crippen LogP contribution in [0.3, 0.4) is 0 Å². The van der Waals surface area contributed by atoms with Gasteiger partial charge in [0.1, 0.15) is 11.4 Å². The largest absolute Gasteiger partial charge is 0.491 e. The smallest absolute Gasteiger partial charge is 0.188 e. The first-order valence-electron chi connectivity index (χ1n) is 5.41. The van der Waals surface area contributed by atoms with Crippen molar-refractivity contribution in [1.29, 1.82) is 0 Å². The molecule has 94 valence electrons. The molecule has 0 fully saturated rings. The van der Waals surface area contributed by atoms with Crippen LogP contribution < -0.4 is 4.74 Å². The summed E-state index contributed by atoms with van der Waals surface area (Å²) in [5.41, 5.74) is 2.41. The summed E-state index contributed by atoms with van der Waals surface area (Å²) in [6, 6.07) is 6.30. The van der Waals surface area contributed by atoms with Crippen LogP contribution in [0.1, 0.15) is 11.1 Å². The van der Waals surface area contributed by atoms with Gasteiger partial charge in [-0.2, -0.15) is 0 Å². The topological polar surface area (TPSA) is 35.0 Å². The minimum Gasteiger partial charge on any atom is -0.491 e. The van der Waals surface area contributed by atoms with Gasteiger partial charge in [-0.1, -0.05) is 35.5 Å². The zero-order valence-electron chi connectivity index (χ0n) is 10.4. The minimum absolute atomic E-state index is 0.334. The van der Waals surface area contributed by atoms with Crippen molar-refractivity contribution in [1.82, 2.24) is 9.97 Å². The van der Waals surface area contributed by atoms with Crippen molar-refractivity contribution in [2.75, 3.05) is 7.11 Å². The first kappa shape index (κ1) is 13.2. The summed E-state index contributed by atoms with van der Waals surface area (Å²) >= 11 is 7.51. The second kappa shape index (κ2) is 5.59. The molecule has 2 rings (SSSR count). The molecule has 3 nitrogen and oxygen atoms in total. The van der Waals surface area contributed by atoms with E-state index in [1.165, 1.54) is 29.2 Å². The lowest BCUT2D eigenvalue weighted by Gasteiger charge is -2.09. The van der Waals surface area contributed by atoms with E-state index in [-0.39, 0.29) is 0 Å². The van der Waals surface area contributed by atoms with E-state index in [9.17, 15) is 0 Å². The monoisotopic (exact) mass is 280 g/mol. The number of hydrogen-bond acceptors (Lipinski definition) is 4. The highest BCUT2D eigenvalue weighted by molar-refractivity contribution is 7.99. The lowest BCUT2D eigenvalue weighted by molar-refractivity contribution is 0.398. The SMILES string of the molecule is COc1c(Cl)ncnc1Sc1cc(C)ccc1C. The Bertz CT molecular complexity index is 575. The maximum Gasteiger partial charge on any atom is 0.188 e. The Morgan fingerprint density at radius 1 is 1.22 bits per heavy atom. The standard InChI is InChI=1S/C13H13ClN2OS/c1-8-4-5-9(2)10(6-8)18-13-11(17-3)12(14)15-7-16-13/h4-7H,1-3H3. The van der Waals surface area contributed by atoms with Crippen LogP contribution in [0.4, 0.5) is 0 Å². The molecular formula is C13H13ClN2OS. The third-order valence-electron chi connectivity index (χ3n) is 2.48. The summed E-state index contributed by atoms with van der Waals surface area (Å²) in [6.07, 6.45) is 1.44. The molecule has 0 bridgehead atoms. The quantitative estimate of drug-likeness (QED) is 0.799. The van der Waals surface area contributed by atoms with Gasteiger partial charge >= 0.3 is 0 Å². The van der Waals surface area contributed by atoms with Gasteiger partial charge in [-0.3, -0.25) is 0 Å². The fourth-order valence-corrected chi connectivity index (χ4v) is 2.82. The highest BCUT2D eigenvalue weighted by atomic mass is 35.5. The third-order valence-corrected chi connectivity index (χ3v) is 3.90. The number of rotatable bonds is 3. The molecule has 0 unspecified atom stereocenters. The van der Waals surface area contributed by atoms with Crippen molar-refractivity contribution in [3.63, 3.8) is 0 Å². The van der Waals surface area contributed by atoms with Gasteiger partial charge in [0.15, 0.2) is 10.9 Å². The Morgan fingerprint density at radius 3 is 2.72 bits per heavy atom. The summed E-state index contributed by atoms with van der Waals surface area (Å²) in [6.45, 7) is 4.13. The van der Waals surface area contributed by atoms with Crippen molar-refractivity contribution in [2.45, 2.75) is 23.8 Å². The Labute approximate surface area is 116 Å². The fraction of sp³-hybridized carbons (Fsp3) is 0.231. The van der Waals surface area contributed by atoms with Crippen molar-refractivity contribution < 1.29 is 4.74 Å². The van der Waals surface area contributed by atoms with Gasteiger partial charge in [0, 0.05) is 4.90 Å². The number of nitrogens with zero attached hydrogens (tertiary/aromatic N) is 2. The number of benzene rings is 1. The van der Waals surface area contributed by atoms with Crippen LogP contribution in [0, 0.1) is 13.8 Å². The predicted molar refractivity (Wildman–Crippen MR) is 73.6 cm³/mol. The zero-order chi connectivity index (χ0) is 13.1. The molecule has 5 heteroatoms. The van der Waals surface area contributed by atoms with Gasteiger partial charge < -0.3 is 4.74 Å². The van der Waals surface area contributed by atoms with E-state index < -0.39 is 0 Å². The number of hydrogen-bond donors (Lipinski definition) is 0. The zero-order valence-corrected chi connectivity index (χ0v) is 12.0. The molecule has 0 aliphatic heterocycles. The van der Waals surface area contributed by atoms with Crippen LogP contribution in [-0.2, 0) is 0 Å². The second-order valence-electron chi connectivity index (χ2n) is 3.87. The molecule has 0 aliphatic rings.